The number of ether oxygens (including phenoxy) is 1. The molecule has 0 radical (unpaired) electrons. The van der Waals surface area contributed by atoms with Crippen LogP contribution in [0, 0.1) is 5.41 Å². The SMILES string of the molecule is CC(C)(CO)[C@@H](O)C(=O)NCCC(=O)C(=O)CCc1ccc(Oc2ccccc2)cc1. The third kappa shape index (κ3) is 7.62. The van der Waals surface area contributed by atoms with E-state index in [1.807, 2.05) is 54.6 Å². The number of aliphatic hydroxyl groups is 2. The van der Waals surface area contributed by atoms with Gasteiger partial charge in [-0.15, -0.1) is 0 Å². The highest BCUT2D eigenvalue weighted by atomic mass is 16.5. The number of para-hydroxylation sites is 1. The second-order valence-electron chi connectivity index (χ2n) is 8.00. The molecule has 0 spiro atoms. The molecule has 2 rings (SSSR count). The van der Waals surface area contributed by atoms with Crippen molar-refractivity contribution in [1.82, 2.24) is 5.32 Å². The van der Waals surface area contributed by atoms with Crippen LogP contribution in [0.4, 0.5) is 0 Å². The predicted molar refractivity (Wildman–Crippen MR) is 116 cm³/mol. The van der Waals surface area contributed by atoms with Gasteiger partial charge in [0.05, 0.1) is 6.61 Å². The molecule has 0 saturated heterocycles. The number of hydrogen-bond acceptors (Lipinski definition) is 6. The fraction of sp³-hybridized carbons (Fsp3) is 0.375. The number of rotatable bonds is 12. The highest BCUT2D eigenvalue weighted by molar-refractivity contribution is 6.37. The van der Waals surface area contributed by atoms with Crippen molar-refractivity contribution in [3.8, 4) is 11.5 Å². The Labute approximate surface area is 182 Å². The van der Waals surface area contributed by atoms with Crippen molar-refractivity contribution >= 4 is 17.5 Å². The zero-order chi connectivity index (χ0) is 22.9. The number of benzene rings is 2. The van der Waals surface area contributed by atoms with Crippen molar-refractivity contribution in [1.29, 1.82) is 0 Å². The molecule has 2 aromatic rings. The number of amides is 1. The van der Waals surface area contributed by atoms with E-state index in [0.29, 0.717) is 12.2 Å². The third-order valence-corrected chi connectivity index (χ3v) is 4.90. The number of aryl methyl sites for hydroxylation is 1. The van der Waals surface area contributed by atoms with E-state index in [-0.39, 0.29) is 26.0 Å². The molecule has 0 aliphatic rings. The summed E-state index contributed by atoms with van der Waals surface area (Å²) in [7, 11) is 0. The number of hydrogen-bond donors (Lipinski definition) is 3. The summed E-state index contributed by atoms with van der Waals surface area (Å²) in [4.78, 5) is 35.9. The Morgan fingerprint density at radius 3 is 2.13 bits per heavy atom. The van der Waals surface area contributed by atoms with E-state index in [4.69, 9.17) is 4.74 Å². The van der Waals surface area contributed by atoms with Gasteiger partial charge in [-0.05, 0) is 36.2 Å². The Morgan fingerprint density at radius 2 is 1.52 bits per heavy atom. The molecule has 1 amide bonds. The minimum atomic E-state index is -1.41. The van der Waals surface area contributed by atoms with Gasteiger partial charge in [-0.2, -0.15) is 0 Å². The van der Waals surface area contributed by atoms with E-state index in [0.717, 1.165) is 11.3 Å². The quantitative estimate of drug-likeness (QED) is 0.449. The summed E-state index contributed by atoms with van der Waals surface area (Å²) >= 11 is 0. The zero-order valence-electron chi connectivity index (χ0n) is 17.8. The third-order valence-electron chi connectivity index (χ3n) is 4.90. The topological polar surface area (TPSA) is 113 Å². The number of ketones is 2. The monoisotopic (exact) mass is 427 g/mol. The van der Waals surface area contributed by atoms with Gasteiger partial charge >= 0.3 is 0 Å². The fourth-order valence-electron chi connectivity index (χ4n) is 2.72. The molecule has 2 aromatic carbocycles. The van der Waals surface area contributed by atoms with E-state index in [1.54, 1.807) is 13.8 Å². The van der Waals surface area contributed by atoms with Crippen LogP contribution in [0.3, 0.4) is 0 Å². The molecule has 166 valence electrons. The molecule has 7 heteroatoms. The van der Waals surface area contributed by atoms with Crippen molar-refractivity contribution in [2.75, 3.05) is 13.2 Å². The van der Waals surface area contributed by atoms with Gasteiger partial charge in [0.15, 0.2) is 11.6 Å². The molecule has 7 nitrogen and oxygen atoms in total. The van der Waals surface area contributed by atoms with Crippen LogP contribution >= 0.6 is 0 Å². The van der Waals surface area contributed by atoms with Crippen LogP contribution in [-0.4, -0.2) is 46.9 Å². The number of Topliss-reactive ketones (excluding diaryl/α,β-unsaturated/α-hetero) is 2. The van der Waals surface area contributed by atoms with Gasteiger partial charge < -0.3 is 20.3 Å². The summed E-state index contributed by atoms with van der Waals surface area (Å²) in [6, 6.07) is 16.7. The van der Waals surface area contributed by atoms with Gasteiger partial charge in [0.1, 0.15) is 17.6 Å². The number of aliphatic hydroxyl groups excluding tert-OH is 2. The molecule has 0 saturated carbocycles. The standard InChI is InChI=1S/C24H29NO6/c1-24(2,16-26)22(29)23(30)25-15-14-21(28)20(27)13-10-17-8-11-19(12-9-17)31-18-6-4-3-5-7-18/h3-9,11-12,22,26,29H,10,13-16H2,1-2H3,(H,25,30)/t22-/m0/s1. The maximum Gasteiger partial charge on any atom is 0.249 e. The van der Waals surface area contributed by atoms with Crippen LogP contribution < -0.4 is 10.1 Å². The maximum absolute atomic E-state index is 12.1. The van der Waals surface area contributed by atoms with E-state index in [2.05, 4.69) is 5.32 Å². The second-order valence-corrected chi connectivity index (χ2v) is 8.00. The molecule has 0 aliphatic heterocycles. The summed E-state index contributed by atoms with van der Waals surface area (Å²) in [5.41, 5.74) is -0.0878. The van der Waals surface area contributed by atoms with Gasteiger partial charge in [-0.25, -0.2) is 0 Å². The Balaban J connectivity index is 1.73. The lowest BCUT2D eigenvalue weighted by molar-refractivity contribution is -0.138. The Hall–Kier alpha value is -3.03. The van der Waals surface area contributed by atoms with Crippen molar-refractivity contribution in [2.24, 2.45) is 5.41 Å². The molecular weight excluding hydrogens is 398 g/mol. The average Bonchev–Trinajstić information content (AvgIpc) is 2.78. The average molecular weight is 427 g/mol. The summed E-state index contributed by atoms with van der Waals surface area (Å²) in [6.45, 7) is 2.68. The maximum atomic E-state index is 12.1. The Morgan fingerprint density at radius 1 is 0.935 bits per heavy atom. The van der Waals surface area contributed by atoms with Crippen molar-refractivity contribution < 1.29 is 29.3 Å². The predicted octanol–water partition coefficient (Wildman–Crippen LogP) is 2.44. The Bertz CT molecular complexity index is 877. The Kier molecular flexibility index (Phi) is 8.90. The minimum absolute atomic E-state index is 0.0481. The van der Waals surface area contributed by atoms with Gasteiger partial charge in [0.25, 0.3) is 0 Å². The first kappa shape index (κ1) is 24.2. The molecule has 0 aromatic heterocycles. The first-order chi connectivity index (χ1) is 14.7. The van der Waals surface area contributed by atoms with E-state index in [1.165, 1.54) is 0 Å². The zero-order valence-corrected chi connectivity index (χ0v) is 17.8. The normalized spacial score (nSPS) is 12.1. The lowest BCUT2D eigenvalue weighted by Gasteiger charge is -2.27. The lowest BCUT2D eigenvalue weighted by Crippen LogP contribution is -2.46. The first-order valence-electron chi connectivity index (χ1n) is 10.2. The van der Waals surface area contributed by atoms with Gasteiger partial charge in [0.2, 0.25) is 5.91 Å². The first-order valence-corrected chi connectivity index (χ1v) is 10.2. The summed E-state index contributed by atoms with van der Waals surface area (Å²) in [5, 5.41) is 21.5. The summed E-state index contributed by atoms with van der Waals surface area (Å²) in [6.07, 6.45) is -1.05. The van der Waals surface area contributed by atoms with Crippen LogP contribution in [0.1, 0.15) is 32.3 Å². The van der Waals surface area contributed by atoms with E-state index >= 15 is 0 Å². The molecule has 0 bridgehead atoms. The van der Waals surface area contributed by atoms with Crippen LogP contribution in [-0.2, 0) is 20.8 Å². The minimum Gasteiger partial charge on any atom is -0.457 e. The van der Waals surface area contributed by atoms with Crippen LogP contribution in [0.25, 0.3) is 0 Å². The molecule has 0 fully saturated rings. The molecule has 1 atom stereocenters. The second kappa shape index (κ2) is 11.4. The van der Waals surface area contributed by atoms with Crippen molar-refractivity contribution in [3.63, 3.8) is 0 Å². The van der Waals surface area contributed by atoms with Gasteiger partial charge in [-0.3, -0.25) is 14.4 Å². The van der Waals surface area contributed by atoms with Crippen molar-refractivity contribution in [2.45, 2.75) is 39.2 Å². The molecule has 31 heavy (non-hydrogen) atoms. The molecule has 0 heterocycles. The molecule has 0 unspecified atom stereocenters. The summed E-state index contributed by atoms with van der Waals surface area (Å²) in [5.74, 6) is -0.345. The highest BCUT2D eigenvalue weighted by Crippen LogP contribution is 2.22. The number of carbonyl (C=O) groups excluding carboxylic acids is 3. The van der Waals surface area contributed by atoms with Gasteiger partial charge in [-0.1, -0.05) is 44.2 Å². The smallest absolute Gasteiger partial charge is 0.249 e. The number of carbonyl (C=O) groups is 3. The molecule has 0 aliphatic carbocycles. The van der Waals surface area contributed by atoms with Crippen LogP contribution in [0.15, 0.2) is 54.6 Å². The van der Waals surface area contributed by atoms with Crippen LogP contribution in [0.5, 0.6) is 11.5 Å². The highest BCUT2D eigenvalue weighted by Gasteiger charge is 2.32. The van der Waals surface area contributed by atoms with Crippen LogP contribution in [0.2, 0.25) is 0 Å². The molecular formula is C24H29NO6. The van der Waals surface area contributed by atoms with E-state index < -0.39 is 29.0 Å². The lowest BCUT2D eigenvalue weighted by atomic mass is 9.87. The van der Waals surface area contributed by atoms with Crippen molar-refractivity contribution in [3.05, 3.63) is 60.2 Å². The van der Waals surface area contributed by atoms with Gasteiger partial charge in [0, 0.05) is 24.8 Å². The summed E-state index contributed by atoms with van der Waals surface area (Å²) < 4.78 is 5.72. The largest absolute Gasteiger partial charge is 0.457 e. The fourth-order valence-corrected chi connectivity index (χ4v) is 2.72. The molecule has 3 N–H and O–H groups in total. The van der Waals surface area contributed by atoms with E-state index in [9.17, 15) is 24.6 Å². The number of nitrogens with one attached hydrogen (secondary N) is 1.